The molecule has 0 aliphatic rings. The molecule has 1 heterocycles. The quantitative estimate of drug-likeness (QED) is 0.645. The van der Waals surface area contributed by atoms with Gasteiger partial charge in [0, 0.05) is 6.07 Å². The lowest BCUT2D eigenvalue weighted by Gasteiger charge is -2.06. The molecule has 0 amide bonds. The van der Waals surface area contributed by atoms with Gasteiger partial charge in [-0.3, -0.25) is 4.79 Å². The average molecular weight is 371 g/mol. The monoisotopic (exact) mass is 370 g/mol. The number of carbonyl (C=O) groups is 2. The highest BCUT2D eigenvalue weighted by molar-refractivity contribution is 9.11. The first-order valence-electron chi connectivity index (χ1n) is 5.84. The summed E-state index contributed by atoms with van der Waals surface area (Å²) in [5.41, 5.74) is -0.0176. The van der Waals surface area contributed by atoms with E-state index in [0.29, 0.717) is 10.6 Å². The number of phenols is 1. The fourth-order valence-corrected chi connectivity index (χ4v) is 2.87. The number of methoxy groups -OCH3 is 1. The van der Waals surface area contributed by atoms with Gasteiger partial charge in [0.1, 0.15) is 17.1 Å². The van der Waals surface area contributed by atoms with Crippen LogP contribution < -0.4 is 4.74 Å². The topological polar surface area (TPSA) is 72.8 Å². The van der Waals surface area contributed by atoms with E-state index < -0.39 is 5.97 Å². The lowest BCUT2D eigenvalue weighted by Crippen LogP contribution is -2.13. The number of esters is 1. The maximum atomic E-state index is 11.8. The average Bonchev–Trinajstić information content (AvgIpc) is 2.90. The Morgan fingerprint density at radius 1 is 1.29 bits per heavy atom. The molecule has 0 bridgehead atoms. The third-order valence-corrected chi connectivity index (χ3v) is 4.27. The van der Waals surface area contributed by atoms with Crippen LogP contribution in [0.15, 0.2) is 34.1 Å². The molecular formula is C14H11BrO5S. The van der Waals surface area contributed by atoms with Crippen molar-refractivity contribution in [3.05, 3.63) is 44.6 Å². The van der Waals surface area contributed by atoms with Crippen molar-refractivity contribution in [3.8, 4) is 11.5 Å². The highest BCUT2D eigenvalue weighted by Crippen LogP contribution is 2.25. The summed E-state index contributed by atoms with van der Waals surface area (Å²) in [5, 5.41) is 9.71. The van der Waals surface area contributed by atoms with Gasteiger partial charge in [0.15, 0.2) is 6.61 Å². The minimum atomic E-state index is -0.765. The van der Waals surface area contributed by atoms with Crippen LogP contribution in [0.4, 0.5) is 0 Å². The van der Waals surface area contributed by atoms with Crippen LogP contribution in [0.2, 0.25) is 0 Å². The van der Waals surface area contributed by atoms with Gasteiger partial charge >= 0.3 is 5.97 Å². The number of thiophene rings is 1. The highest BCUT2D eigenvalue weighted by atomic mass is 79.9. The second-order valence-corrected chi connectivity index (χ2v) is 6.45. The molecule has 2 aromatic rings. The number of carbonyl (C=O) groups excluding carboxylic acids is 2. The maximum Gasteiger partial charge on any atom is 0.342 e. The Morgan fingerprint density at radius 2 is 2.05 bits per heavy atom. The Kier molecular flexibility index (Phi) is 4.98. The Bertz CT molecular complexity index is 680. The molecule has 0 saturated carbocycles. The number of Topliss-reactive ketones (excluding diaryl/α,β-unsaturated/α-hetero) is 1. The number of halogens is 1. The van der Waals surface area contributed by atoms with Gasteiger partial charge in [0.2, 0.25) is 5.78 Å². The molecule has 0 aliphatic carbocycles. The van der Waals surface area contributed by atoms with Gasteiger partial charge in [-0.15, -0.1) is 11.3 Å². The van der Waals surface area contributed by atoms with Crippen LogP contribution in [0, 0.1) is 0 Å². The molecule has 2 rings (SSSR count). The molecule has 0 fully saturated rings. The van der Waals surface area contributed by atoms with E-state index in [2.05, 4.69) is 15.9 Å². The zero-order valence-electron chi connectivity index (χ0n) is 11.0. The number of hydrogen-bond donors (Lipinski definition) is 1. The van der Waals surface area contributed by atoms with Crippen LogP contribution in [-0.2, 0) is 4.74 Å². The van der Waals surface area contributed by atoms with Gasteiger partial charge in [-0.2, -0.15) is 0 Å². The Labute approximate surface area is 133 Å². The van der Waals surface area contributed by atoms with E-state index in [1.807, 2.05) is 0 Å². The second kappa shape index (κ2) is 6.73. The minimum Gasteiger partial charge on any atom is -0.507 e. The minimum absolute atomic E-state index is 0.0176. The van der Waals surface area contributed by atoms with E-state index in [1.165, 1.54) is 36.6 Å². The number of aromatic hydroxyl groups is 1. The Morgan fingerprint density at radius 3 is 2.62 bits per heavy atom. The second-order valence-electron chi connectivity index (χ2n) is 3.99. The molecule has 0 radical (unpaired) electrons. The van der Waals surface area contributed by atoms with E-state index in [4.69, 9.17) is 9.47 Å². The number of ketones is 1. The lowest BCUT2D eigenvalue weighted by atomic mass is 10.2. The molecule has 0 aliphatic heterocycles. The van der Waals surface area contributed by atoms with E-state index in [0.717, 1.165) is 3.79 Å². The number of benzene rings is 1. The van der Waals surface area contributed by atoms with Crippen LogP contribution >= 0.6 is 27.3 Å². The highest BCUT2D eigenvalue weighted by Gasteiger charge is 2.16. The summed E-state index contributed by atoms with van der Waals surface area (Å²) in [7, 11) is 1.45. The standard InChI is InChI=1S/C14H11BrO5S/c1-19-8-2-3-9(10(16)6-8)14(18)20-7-11(17)12-4-5-13(15)21-12/h2-6,16H,7H2,1H3. The zero-order valence-corrected chi connectivity index (χ0v) is 13.4. The molecule has 0 spiro atoms. The molecule has 5 nitrogen and oxygen atoms in total. The van der Waals surface area contributed by atoms with Gasteiger partial charge < -0.3 is 14.6 Å². The first-order chi connectivity index (χ1) is 10.0. The molecule has 1 aromatic carbocycles. The number of ether oxygens (including phenoxy) is 2. The zero-order chi connectivity index (χ0) is 15.4. The summed E-state index contributed by atoms with van der Waals surface area (Å²) in [6.45, 7) is -0.378. The fourth-order valence-electron chi connectivity index (χ4n) is 1.56. The predicted molar refractivity (Wildman–Crippen MR) is 81.3 cm³/mol. The number of hydrogen-bond acceptors (Lipinski definition) is 6. The molecular weight excluding hydrogens is 360 g/mol. The van der Waals surface area contributed by atoms with Crippen LogP contribution in [-0.4, -0.2) is 30.6 Å². The fraction of sp³-hybridized carbons (Fsp3) is 0.143. The first-order valence-corrected chi connectivity index (χ1v) is 7.45. The van der Waals surface area contributed by atoms with Crippen LogP contribution in [0.25, 0.3) is 0 Å². The summed E-state index contributed by atoms with van der Waals surface area (Å²) in [6.07, 6.45) is 0. The predicted octanol–water partition coefficient (Wildman–Crippen LogP) is 3.26. The smallest absolute Gasteiger partial charge is 0.342 e. The van der Waals surface area contributed by atoms with E-state index in [9.17, 15) is 14.7 Å². The maximum absolute atomic E-state index is 11.8. The van der Waals surface area contributed by atoms with Crippen molar-refractivity contribution in [2.45, 2.75) is 0 Å². The number of phenolic OH excluding ortho intramolecular Hbond substituents is 1. The van der Waals surface area contributed by atoms with Crippen molar-refractivity contribution in [1.82, 2.24) is 0 Å². The summed E-state index contributed by atoms with van der Waals surface area (Å²) in [5.74, 6) is -0.902. The van der Waals surface area contributed by atoms with Crippen molar-refractivity contribution >= 4 is 39.0 Å². The van der Waals surface area contributed by atoms with Crippen LogP contribution in [0.3, 0.4) is 0 Å². The van der Waals surface area contributed by atoms with E-state index >= 15 is 0 Å². The van der Waals surface area contributed by atoms with Crippen LogP contribution in [0.5, 0.6) is 11.5 Å². The van der Waals surface area contributed by atoms with Crippen molar-refractivity contribution in [2.75, 3.05) is 13.7 Å². The molecule has 0 unspecified atom stereocenters. The van der Waals surface area contributed by atoms with Crippen molar-refractivity contribution < 1.29 is 24.2 Å². The van der Waals surface area contributed by atoms with Gasteiger partial charge in [0.25, 0.3) is 0 Å². The summed E-state index contributed by atoms with van der Waals surface area (Å²) in [4.78, 5) is 24.1. The van der Waals surface area contributed by atoms with Gasteiger partial charge in [0.05, 0.1) is 15.8 Å². The van der Waals surface area contributed by atoms with Gasteiger partial charge in [-0.25, -0.2) is 4.79 Å². The van der Waals surface area contributed by atoms with E-state index in [1.54, 1.807) is 12.1 Å². The van der Waals surface area contributed by atoms with Gasteiger partial charge in [-0.05, 0) is 40.2 Å². The summed E-state index contributed by atoms with van der Waals surface area (Å²) >= 11 is 4.52. The lowest BCUT2D eigenvalue weighted by molar-refractivity contribution is 0.0473. The Hall–Kier alpha value is -1.86. The molecule has 21 heavy (non-hydrogen) atoms. The van der Waals surface area contributed by atoms with Crippen molar-refractivity contribution in [2.24, 2.45) is 0 Å². The normalized spacial score (nSPS) is 10.2. The van der Waals surface area contributed by atoms with Gasteiger partial charge in [-0.1, -0.05) is 0 Å². The molecule has 0 atom stereocenters. The molecule has 7 heteroatoms. The van der Waals surface area contributed by atoms with E-state index in [-0.39, 0.29) is 23.7 Å². The molecule has 0 saturated heterocycles. The summed E-state index contributed by atoms with van der Waals surface area (Å²) in [6, 6.07) is 7.59. The first kappa shape index (κ1) is 15.5. The van der Waals surface area contributed by atoms with Crippen LogP contribution in [0.1, 0.15) is 20.0 Å². The van der Waals surface area contributed by atoms with Crippen molar-refractivity contribution in [1.29, 1.82) is 0 Å². The number of rotatable bonds is 5. The molecule has 1 N–H and O–H groups in total. The third kappa shape index (κ3) is 3.83. The molecule has 1 aromatic heterocycles. The van der Waals surface area contributed by atoms with Crippen molar-refractivity contribution in [3.63, 3.8) is 0 Å². The Balaban J connectivity index is 2.00. The third-order valence-electron chi connectivity index (χ3n) is 2.61. The largest absolute Gasteiger partial charge is 0.507 e. The SMILES string of the molecule is COc1ccc(C(=O)OCC(=O)c2ccc(Br)s2)c(O)c1. The molecule has 110 valence electrons. The summed E-state index contributed by atoms with van der Waals surface area (Å²) < 4.78 is 10.7.